The van der Waals surface area contributed by atoms with Gasteiger partial charge in [0.2, 0.25) is 5.79 Å². The van der Waals surface area contributed by atoms with Crippen molar-refractivity contribution in [1.29, 1.82) is 0 Å². The van der Waals surface area contributed by atoms with Crippen molar-refractivity contribution in [3.63, 3.8) is 0 Å². The normalized spacial score (nSPS) is 24.2. The average molecular weight is 285 g/mol. The molecule has 21 heavy (non-hydrogen) atoms. The molecule has 1 aromatic carbocycles. The second kappa shape index (κ2) is 5.30. The molecule has 4 heteroatoms. The third kappa shape index (κ3) is 2.95. The Morgan fingerprint density at radius 3 is 2.67 bits per heavy atom. The molecule has 110 valence electrons. The molecule has 0 aromatic heterocycles. The Balaban J connectivity index is 1.78. The first kappa shape index (κ1) is 13.8. The van der Waals surface area contributed by atoms with E-state index in [4.69, 9.17) is 19.9 Å². The van der Waals surface area contributed by atoms with Gasteiger partial charge in [0, 0.05) is 32.2 Å². The van der Waals surface area contributed by atoms with Gasteiger partial charge in [0.1, 0.15) is 17.3 Å². The highest BCUT2D eigenvalue weighted by Crippen LogP contribution is 2.36. The quantitative estimate of drug-likeness (QED) is 0.863. The Hall–Kier alpha value is -2.20. The molecule has 0 saturated heterocycles. The number of nitrogens with two attached hydrogens (primary N) is 1. The number of benzene rings is 1. The van der Waals surface area contributed by atoms with E-state index in [-0.39, 0.29) is 0 Å². The van der Waals surface area contributed by atoms with E-state index < -0.39 is 5.79 Å². The molecule has 1 aliphatic carbocycles. The van der Waals surface area contributed by atoms with Gasteiger partial charge in [-0.2, -0.15) is 0 Å². The molecule has 2 N–H and O–H groups in total. The summed E-state index contributed by atoms with van der Waals surface area (Å²) in [6.07, 6.45) is 7.66. The molecular weight excluding hydrogens is 266 g/mol. The van der Waals surface area contributed by atoms with Gasteiger partial charge in [0.05, 0.1) is 0 Å². The van der Waals surface area contributed by atoms with Crippen LogP contribution in [-0.2, 0) is 9.47 Å². The zero-order valence-corrected chi connectivity index (χ0v) is 12.3. The van der Waals surface area contributed by atoms with Crippen LogP contribution in [-0.4, -0.2) is 12.9 Å². The van der Waals surface area contributed by atoms with E-state index >= 15 is 0 Å². The molecule has 0 radical (unpaired) electrons. The first-order valence-electron chi connectivity index (χ1n) is 6.97. The summed E-state index contributed by atoms with van der Waals surface area (Å²) in [5.74, 6) is 1.75. The Morgan fingerprint density at radius 2 is 1.95 bits per heavy atom. The summed E-state index contributed by atoms with van der Waals surface area (Å²) in [7, 11) is 1.66. The van der Waals surface area contributed by atoms with Gasteiger partial charge in [-0.3, -0.25) is 0 Å². The minimum Gasteiger partial charge on any atom is -0.462 e. The second-order valence-corrected chi connectivity index (χ2v) is 5.36. The summed E-state index contributed by atoms with van der Waals surface area (Å²) in [5.41, 5.74) is 7.56. The van der Waals surface area contributed by atoms with Gasteiger partial charge in [-0.25, -0.2) is 0 Å². The van der Waals surface area contributed by atoms with Crippen molar-refractivity contribution >= 4 is 5.69 Å². The topological polar surface area (TPSA) is 53.7 Å². The van der Waals surface area contributed by atoms with Gasteiger partial charge in [-0.15, -0.1) is 0 Å². The van der Waals surface area contributed by atoms with Gasteiger partial charge in [0.15, 0.2) is 0 Å². The third-order valence-electron chi connectivity index (χ3n) is 3.71. The monoisotopic (exact) mass is 285 g/mol. The zero-order chi connectivity index (χ0) is 14.9. The highest BCUT2D eigenvalue weighted by atomic mass is 16.7. The summed E-state index contributed by atoms with van der Waals surface area (Å²) in [6.45, 7) is 1.93. The fourth-order valence-corrected chi connectivity index (χ4v) is 2.32. The average Bonchev–Trinajstić information content (AvgIpc) is 2.49. The van der Waals surface area contributed by atoms with E-state index in [0.717, 1.165) is 35.8 Å². The Kier molecular flexibility index (Phi) is 3.47. The van der Waals surface area contributed by atoms with Crippen LogP contribution in [0.5, 0.6) is 5.75 Å². The molecule has 0 amide bonds. The van der Waals surface area contributed by atoms with Gasteiger partial charge in [-0.05, 0) is 42.3 Å². The number of anilines is 1. The Labute approximate surface area is 124 Å². The number of fused-ring (bicyclic) bond motifs is 1. The third-order valence-corrected chi connectivity index (χ3v) is 3.71. The van der Waals surface area contributed by atoms with Crippen molar-refractivity contribution in [2.75, 3.05) is 12.8 Å². The van der Waals surface area contributed by atoms with E-state index in [2.05, 4.69) is 6.08 Å². The standard InChI is InChI=1S/C17H19NO3/c1-17(19-2)10-9-12-3-6-15(11-16(12)21-17)20-14-7-4-13(18)5-8-14/h4-9,11H,3,10,18H2,1-2H3. The van der Waals surface area contributed by atoms with Crippen LogP contribution >= 0.6 is 0 Å². The van der Waals surface area contributed by atoms with Crippen LogP contribution in [0.1, 0.15) is 19.8 Å². The van der Waals surface area contributed by atoms with Gasteiger partial charge >= 0.3 is 0 Å². The van der Waals surface area contributed by atoms with Crippen molar-refractivity contribution in [3.05, 3.63) is 59.6 Å². The molecule has 2 aliphatic rings. The van der Waals surface area contributed by atoms with Crippen LogP contribution in [0.4, 0.5) is 5.69 Å². The minimum atomic E-state index is -0.598. The summed E-state index contributed by atoms with van der Waals surface area (Å²) in [6, 6.07) is 7.33. The molecule has 1 atom stereocenters. The molecule has 1 unspecified atom stereocenters. The minimum absolute atomic E-state index is 0.598. The lowest BCUT2D eigenvalue weighted by Gasteiger charge is -2.35. The molecule has 4 nitrogen and oxygen atoms in total. The first-order valence-corrected chi connectivity index (χ1v) is 6.97. The van der Waals surface area contributed by atoms with Gasteiger partial charge < -0.3 is 19.9 Å². The summed E-state index contributed by atoms with van der Waals surface area (Å²) >= 11 is 0. The lowest BCUT2D eigenvalue weighted by atomic mass is 9.98. The maximum absolute atomic E-state index is 5.94. The number of hydrogen-bond acceptors (Lipinski definition) is 4. The zero-order valence-electron chi connectivity index (χ0n) is 12.3. The molecule has 0 bridgehead atoms. The van der Waals surface area contributed by atoms with E-state index in [1.165, 1.54) is 5.57 Å². The number of rotatable bonds is 3. The Bertz CT molecular complexity index is 628. The Morgan fingerprint density at radius 1 is 1.19 bits per heavy atom. The number of hydrogen-bond donors (Lipinski definition) is 1. The van der Waals surface area contributed by atoms with E-state index in [9.17, 15) is 0 Å². The van der Waals surface area contributed by atoms with Crippen LogP contribution in [0.3, 0.4) is 0 Å². The van der Waals surface area contributed by atoms with E-state index in [1.54, 1.807) is 7.11 Å². The molecular formula is C17H19NO3. The number of allylic oxidation sites excluding steroid dienone is 3. The number of methoxy groups -OCH3 is 1. The van der Waals surface area contributed by atoms with Crippen molar-refractivity contribution in [2.45, 2.75) is 25.6 Å². The maximum Gasteiger partial charge on any atom is 0.210 e. The van der Waals surface area contributed by atoms with Gasteiger partial charge in [-0.1, -0.05) is 6.08 Å². The predicted molar refractivity (Wildman–Crippen MR) is 81.5 cm³/mol. The van der Waals surface area contributed by atoms with Crippen molar-refractivity contribution in [1.82, 2.24) is 0 Å². The summed E-state index contributed by atoms with van der Waals surface area (Å²) in [4.78, 5) is 0. The van der Waals surface area contributed by atoms with Crippen LogP contribution in [0.25, 0.3) is 0 Å². The second-order valence-electron chi connectivity index (χ2n) is 5.36. The summed E-state index contributed by atoms with van der Waals surface area (Å²) in [5, 5.41) is 0. The smallest absolute Gasteiger partial charge is 0.210 e. The predicted octanol–water partition coefficient (Wildman–Crippen LogP) is 3.53. The highest BCUT2D eigenvalue weighted by Gasteiger charge is 2.32. The lowest BCUT2D eigenvalue weighted by Crippen LogP contribution is -2.33. The van der Waals surface area contributed by atoms with E-state index in [0.29, 0.717) is 0 Å². The molecule has 1 aliphatic heterocycles. The number of nitrogen functional groups attached to an aromatic ring is 1. The highest BCUT2D eigenvalue weighted by molar-refractivity contribution is 5.44. The molecule has 0 fully saturated rings. The van der Waals surface area contributed by atoms with Crippen LogP contribution in [0.15, 0.2) is 59.6 Å². The van der Waals surface area contributed by atoms with Crippen molar-refractivity contribution < 1.29 is 14.2 Å². The fourth-order valence-electron chi connectivity index (χ4n) is 2.32. The first-order chi connectivity index (χ1) is 10.1. The molecule has 3 rings (SSSR count). The molecule has 1 aromatic rings. The van der Waals surface area contributed by atoms with E-state index in [1.807, 2.05) is 43.3 Å². The van der Waals surface area contributed by atoms with Crippen LogP contribution in [0.2, 0.25) is 0 Å². The molecule has 1 heterocycles. The number of ether oxygens (including phenoxy) is 3. The van der Waals surface area contributed by atoms with Crippen LogP contribution < -0.4 is 10.5 Å². The SMILES string of the molecule is COC1(C)CC=C2CC=C(Oc3ccc(N)cc3)C=C2O1. The largest absolute Gasteiger partial charge is 0.462 e. The lowest BCUT2D eigenvalue weighted by molar-refractivity contribution is -0.185. The van der Waals surface area contributed by atoms with Crippen LogP contribution in [0, 0.1) is 0 Å². The fraction of sp³-hybridized carbons (Fsp3) is 0.294. The maximum atomic E-state index is 5.94. The summed E-state index contributed by atoms with van der Waals surface area (Å²) < 4.78 is 17.2. The molecule has 0 saturated carbocycles. The van der Waals surface area contributed by atoms with Gasteiger partial charge in [0.25, 0.3) is 0 Å². The van der Waals surface area contributed by atoms with Crippen molar-refractivity contribution in [3.8, 4) is 5.75 Å². The molecule has 0 spiro atoms. The van der Waals surface area contributed by atoms with Crippen molar-refractivity contribution in [2.24, 2.45) is 0 Å².